The second-order valence-corrected chi connectivity index (χ2v) is 8.17. The van der Waals surface area contributed by atoms with Gasteiger partial charge in [-0.25, -0.2) is 4.79 Å². The number of likely N-dealkylation sites (N-methyl/N-ethyl adjacent to an activating group) is 1. The van der Waals surface area contributed by atoms with Crippen molar-refractivity contribution in [2.45, 2.75) is 54.1 Å². The van der Waals surface area contributed by atoms with Crippen molar-refractivity contribution in [3.8, 4) is 0 Å². The minimum Gasteiger partial charge on any atom is -0.417 e. The molecule has 2 heterocycles. The maximum absolute atomic E-state index is 12.0. The lowest BCUT2D eigenvalue weighted by Gasteiger charge is -2.43. The lowest BCUT2D eigenvalue weighted by atomic mass is 9.83. The molecular formula is C21H23NO4S. The van der Waals surface area contributed by atoms with E-state index in [0.717, 1.165) is 10.5 Å². The third kappa shape index (κ3) is 3.33. The highest BCUT2D eigenvalue weighted by Crippen LogP contribution is 2.42. The molecule has 27 heavy (non-hydrogen) atoms. The molecule has 2 aromatic carbocycles. The smallest absolute Gasteiger partial charge is 0.412 e. The molecule has 0 unspecified atom stereocenters. The maximum atomic E-state index is 12.0. The van der Waals surface area contributed by atoms with Gasteiger partial charge in [0.05, 0.1) is 6.10 Å². The maximum Gasteiger partial charge on any atom is 0.412 e. The zero-order chi connectivity index (χ0) is 19.0. The normalized spacial score (nSPS) is 30.1. The fourth-order valence-corrected chi connectivity index (χ4v) is 4.58. The van der Waals surface area contributed by atoms with E-state index in [2.05, 4.69) is 12.1 Å². The average Bonchev–Trinajstić information content (AvgIpc) is 2.97. The summed E-state index contributed by atoms with van der Waals surface area (Å²) >= 11 is 1.68. The van der Waals surface area contributed by atoms with Gasteiger partial charge in [0.15, 0.2) is 0 Å². The molecule has 2 aliphatic heterocycles. The minimum atomic E-state index is -0.916. The Hall–Kier alpha value is -2.02. The number of fused-ring (bicyclic) bond motifs is 1. The van der Waals surface area contributed by atoms with Gasteiger partial charge in [-0.05, 0) is 43.7 Å². The van der Waals surface area contributed by atoms with E-state index < -0.39 is 18.0 Å². The Bertz CT molecular complexity index is 813. The Balaban J connectivity index is 1.53. The fraction of sp³-hybridized carbons (Fsp3) is 0.381. The molecule has 5 nitrogen and oxygen atoms in total. The highest BCUT2D eigenvalue weighted by atomic mass is 32.2. The summed E-state index contributed by atoms with van der Waals surface area (Å²) in [5, 5.41) is 10.8. The van der Waals surface area contributed by atoms with E-state index in [9.17, 15) is 9.90 Å². The summed E-state index contributed by atoms with van der Waals surface area (Å²) in [6, 6.07) is 17.9. The summed E-state index contributed by atoms with van der Waals surface area (Å²) in [6.45, 7) is 4.29. The van der Waals surface area contributed by atoms with Crippen LogP contribution in [0.3, 0.4) is 0 Å². The van der Waals surface area contributed by atoms with Gasteiger partial charge in [-0.3, -0.25) is 4.90 Å². The van der Waals surface area contributed by atoms with E-state index in [1.54, 1.807) is 16.7 Å². The van der Waals surface area contributed by atoms with Gasteiger partial charge in [-0.2, -0.15) is 0 Å². The molecule has 0 bridgehead atoms. The Labute approximate surface area is 163 Å². The minimum absolute atomic E-state index is 0.238. The van der Waals surface area contributed by atoms with Crippen LogP contribution in [0.2, 0.25) is 0 Å². The Kier molecular flexibility index (Phi) is 4.88. The molecule has 2 aromatic rings. The predicted octanol–water partition coefficient (Wildman–Crippen LogP) is 4.00. The van der Waals surface area contributed by atoms with Crippen LogP contribution in [0, 0.1) is 0 Å². The lowest BCUT2D eigenvalue weighted by molar-refractivity contribution is -0.249. The van der Waals surface area contributed by atoms with Crippen LogP contribution >= 0.6 is 11.8 Å². The number of aliphatic hydroxyl groups is 1. The third-order valence-corrected chi connectivity index (χ3v) is 6.39. The van der Waals surface area contributed by atoms with Crippen LogP contribution < -0.4 is 0 Å². The van der Waals surface area contributed by atoms with Crippen molar-refractivity contribution in [2.75, 3.05) is 6.54 Å². The number of ether oxygens (including phenoxy) is 2. The summed E-state index contributed by atoms with van der Waals surface area (Å²) < 4.78 is 11.5. The van der Waals surface area contributed by atoms with Gasteiger partial charge in [0.1, 0.15) is 11.6 Å². The van der Waals surface area contributed by atoms with Crippen LogP contribution in [0.25, 0.3) is 0 Å². The van der Waals surface area contributed by atoms with Gasteiger partial charge < -0.3 is 14.6 Å². The van der Waals surface area contributed by atoms with Gasteiger partial charge in [-0.15, -0.1) is 0 Å². The van der Waals surface area contributed by atoms with Gasteiger partial charge in [-0.1, -0.05) is 42.1 Å². The van der Waals surface area contributed by atoms with Gasteiger partial charge >= 0.3 is 6.09 Å². The van der Waals surface area contributed by atoms with Crippen molar-refractivity contribution in [3.05, 3.63) is 60.2 Å². The highest BCUT2D eigenvalue weighted by Gasteiger charge is 2.54. The van der Waals surface area contributed by atoms with Crippen LogP contribution in [0.15, 0.2) is 64.4 Å². The number of carbonyl (C=O) groups excluding carboxylic acids is 1. The number of carbonyl (C=O) groups is 1. The van der Waals surface area contributed by atoms with Gasteiger partial charge in [0.25, 0.3) is 0 Å². The average molecular weight is 385 g/mol. The highest BCUT2D eigenvalue weighted by molar-refractivity contribution is 7.99. The number of benzene rings is 2. The predicted molar refractivity (Wildman–Crippen MR) is 103 cm³/mol. The van der Waals surface area contributed by atoms with Crippen molar-refractivity contribution in [3.63, 3.8) is 0 Å². The van der Waals surface area contributed by atoms with Crippen molar-refractivity contribution >= 4 is 17.9 Å². The number of rotatable bonds is 4. The molecule has 1 amide bonds. The van der Waals surface area contributed by atoms with Crippen LogP contribution in [0.5, 0.6) is 0 Å². The molecule has 0 aromatic heterocycles. The van der Waals surface area contributed by atoms with E-state index in [0.29, 0.717) is 13.0 Å². The van der Waals surface area contributed by atoms with E-state index in [1.807, 2.05) is 56.3 Å². The fourth-order valence-electron chi connectivity index (χ4n) is 3.74. The molecule has 0 aliphatic carbocycles. The molecule has 2 fully saturated rings. The van der Waals surface area contributed by atoms with E-state index in [-0.39, 0.29) is 12.1 Å². The second-order valence-electron chi connectivity index (χ2n) is 7.02. The molecular weight excluding hydrogens is 362 g/mol. The molecule has 2 aliphatic rings. The summed E-state index contributed by atoms with van der Waals surface area (Å²) in [6.07, 6.45) is -1.32. The first kappa shape index (κ1) is 18.3. The summed E-state index contributed by atoms with van der Waals surface area (Å²) in [4.78, 5) is 15.9. The molecule has 0 saturated carbocycles. The standard InChI is InChI=1S/C21H23NO4S/c1-3-22-17-13-18(23)21(2,26-19(17)25-20(22)24)14-9-11-16(12-10-14)27-15-7-5-4-6-8-15/h4-12,17-19,23H,3,13H2,1-2H3/t17-,18+,19+,21+/m1/s1. The summed E-state index contributed by atoms with van der Waals surface area (Å²) in [7, 11) is 0. The van der Waals surface area contributed by atoms with E-state index in [1.165, 1.54) is 4.90 Å². The lowest BCUT2D eigenvalue weighted by Crippen LogP contribution is -2.54. The van der Waals surface area contributed by atoms with Crippen LogP contribution in [-0.4, -0.2) is 41.1 Å². The van der Waals surface area contributed by atoms with Crippen molar-refractivity contribution in [1.82, 2.24) is 4.90 Å². The molecule has 0 spiro atoms. The summed E-state index contributed by atoms with van der Waals surface area (Å²) in [5.41, 5.74) is -0.0434. The van der Waals surface area contributed by atoms with Gasteiger partial charge in [0.2, 0.25) is 6.29 Å². The number of hydrogen-bond acceptors (Lipinski definition) is 5. The number of hydrogen-bond donors (Lipinski definition) is 1. The molecule has 2 saturated heterocycles. The molecule has 4 atom stereocenters. The van der Waals surface area contributed by atoms with E-state index in [4.69, 9.17) is 9.47 Å². The Morgan fingerprint density at radius 3 is 2.48 bits per heavy atom. The molecule has 4 rings (SSSR count). The first-order valence-electron chi connectivity index (χ1n) is 9.18. The quantitative estimate of drug-likeness (QED) is 0.862. The molecule has 1 N–H and O–H groups in total. The number of aliphatic hydroxyl groups excluding tert-OH is 1. The first-order valence-corrected chi connectivity index (χ1v) is 9.99. The zero-order valence-corrected chi connectivity index (χ0v) is 16.2. The largest absolute Gasteiger partial charge is 0.417 e. The first-order chi connectivity index (χ1) is 13.0. The number of amides is 1. The molecule has 0 radical (unpaired) electrons. The van der Waals surface area contributed by atoms with Crippen molar-refractivity contribution in [1.29, 1.82) is 0 Å². The third-order valence-electron chi connectivity index (χ3n) is 5.37. The zero-order valence-electron chi connectivity index (χ0n) is 15.4. The second kappa shape index (κ2) is 7.19. The van der Waals surface area contributed by atoms with Crippen LogP contribution in [-0.2, 0) is 15.1 Å². The van der Waals surface area contributed by atoms with Crippen molar-refractivity contribution < 1.29 is 19.4 Å². The monoisotopic (exact) mass is 385 g/mol. The molecule has 142 valence electrons. The van der Waals surface area contributed by atoms with Gasteiger partial charge in [0, 0.05) is 22.8 Å². The SMILES string of the molecule is CCN1C(=O)O[C@H]2O[C@@](C)(c3ccc(Sc4ccccc4)cc3)[C@@H](O)C[C@H]21. The number of nitrogens with zero attached hydrogens (tertiary/aromatic N) is 1. The van der Waals surface area contributed by atoms with Crippen molar-refractivity contribution in [2.24, 2.45) is 0 Å². The molecule has 6 heteroatoms. The van der Waals surface area contributed by atoms with Crippen LogP contribution in [0.4, 0.5) is 4.79 Å². The Morgan fingerprint density at radius 1 is 1.15 bits per heavy atom. The van der Waals surface area contributed by atoms with Crippen LogP contribution in [0.1, 0.15) is 25.8 Å². The topological polar surface area (TPSA) is 59.0 Å². The van der Waals surface area contributed by atoms with E-state index >= 15 is 0 Å². The summed E-state index contributed by atoms with van der Waals surface area (Å²) in [5.74, 6) is 0. The Morgan fingerprint density at radius 2 is 1.81 bits per heavy atom.